The summed E-state index contributed by atoms with van der Waals surface area (Å²) in [4.78, 5) is 9.40. The summed E-state index contributed by atoms with van der Waals surface area (Å²) in [6, 6.07) is 11.1. The molecule has 2 fully saturated rings. The lowest BCUT2D eigenvalue weighted by molar-refractivity contribution is -0.0373. The molecule has 0 saturated carbocycles. The Morgan fingerprint density at radius 1 is 1.20 bits per heavy atom. The lowest BCUT2D eigenvalue weighted by atomic mass is 9.99. The normalized spacial score (nSPS) is 22.9. The van der Waals surface area contributed by atoms with Gasteiger partial charge in [-0.1, -0.05) is 18.2 Å². The van der Waals surface area contributed by atoms with Gasteiger partial charge >= 0.3 is 0 Å². The molecule has 0 spiro atoms. The van der Waals surface area contributed by atoms with E-state index in [9.17, 15) is 5.26 Å². The molecule has 2 aliphatic heterocycles. The van der Waals surface area contributed by atoms with Crippen LogP contribution in [0.2, 0.25) is 0 Å². The van der Waals surface area contributed by atoms with E-state index in [2.05, 4.69) is 33.8 Å². The van der Waals surface area contributed by atoms with Crippen molar-refractivity contribution >= 4 is 16.6 Å². The van der Waals surface area contributed by atoms with E-state index in [0.717, 1.165) is 62.2 Å². The molecule has 5 nitrogen and oxygen atoms in total. The summed E-state index contributed by atoms with van der Waals surface area (Å²) in [5, 5.41) is 10.6. The molecule has 2 aromatic rings. The number of nitriles is 1. The zero-order chi connectivity index (χ0) is 17.2. The standard InChI is InChI=1S/C20H24N4O/c1-15-14-24(10-11-25-15)17-6-8-23(9-7-17)20-16(12-21)13-22-19-5-3-2-4-18(19)20/h2-5,13,15,17H,6-11,14H2,1H3. The molecule has 0 N–H and O–H groups in total. The number of rotatable bonds is 2. The van der Waals surface area contributed by atoms with Gasteiger partial charge in [0, 0.05) is 43.8 Å². The van der Waals surface area contributed by atoms with Gasteiger partial charge in [0.1, 0.15) is 6.07 Å². The maximum atomic E-state index is 9.55. The van der Waals surface area contributed by atoms with Crippen molar-refractivity contribution in [3.05, 3.63) is 36.0 Å². The van der Waals surface area contributed by atoms with Crippen LogP contribution < -0.4 is 4.90 Å². The Morgan fingerprint density at radius 3 is 2.76 bits per heavy atom. The summed E-state index contributed by atoms with van der Waals surface area (Å²) < 4.78 is 5.67. The van der Waals surface area contributed by atoms with Crippen molar-refractivity contribution in [1.29, 1.82) is 5.26 Å². The Morgan fingerprint density at radius 2 is 2.00 bits per heavy atom. The Kier molecular flexibility index (Phi) is 4.56. The van der Waals surface area contributed by atoms with Crippen LogP contribution in [0.3, 0.4) is 0 Å². The molecule has 1 aromatic carbocycles. The van der Waals surface area contributed by atoms with Crippen LogP contribution in [0.15, 0.2) is 30.5 Å². The van der Waals surface area contributed by atoms with Crippen LogP contribution in [0.25, 0.3) is 10.9 Å². The van der Waals surface area contributed by atoms with E-state index in [1.165, 1.54) is 0 Å². The summed E-state index contributed by atoms with van der Waals surface area (Å²) in [6.07, 6.45) is 4.32. The quantitative estimate of drug-likeness (QED) is 0.844. The summed E-state index contributed by atoms with van der Waals surface area (Å²) in [7, 11) is 0. The number of anilines is 1. The fraction of sp³-hybridized carbons (Fsp3) is 0.500. The van der Waals surface area contributed by atoms with E-state index < -0.39 is 0 Å². The van der Waals surface area contributed by atoms with Crippen molar-refractivity contribution in [3.63, 3.8) is 0 Å². The van der Waals surface area contributed by atoms with Crippen LogP contribution in [0.4, 0.5) is 5.69 Å². The van der Waals surface area contributed by atoms with Crippen molar-refractivity contribution in [3.8, 4) is 6.07 Å². The Hall–Kier alpha value is -2.16. The third-order valence-electron chi connectivity index (χ3n) is 5.44. The minimum Gasteiger partial charge on any atom is -0.376 e. The van der Waals surface area contributed by atoms with Gasteiger partial charge in [0.05, 0.1) is 29.5 Å². The average molecular weight is 336 g/mol. The van der Waals surface area contributed by atoms with Gasteiger partial charge < -0.3 is 9.64 Å². The first-order chi connectivity index (χ1) is 12.3. The van der Waals surface area contributed by atoms with Gasteiger partial charge in [-0.25, -0.2) is 0 Å². The molecule has 130 valence electrons. The molecule has 1 aromatic heterocycles. The fourth-order valence-electron chi connectivity index (χ4n) is 4.18. The number of aromatic nitrogens is 1. The monoisotopic (exact) mass is 336 g/mol. The predicted octanol–water partition coefficient (Wildman–Crippen LogP) is 2.80. The number of hydrogen-bond acceptors (Lipinski definition) is 5. The molecule has 2 aliphatic rings. The Balaban J connectivity index is 1.55. The first-order valence-electron chi connectivity index (χ1n) is 9.14. The van der Waals surface area contributed by atoms with E-state index in [1.54, 1.807) is 6.20 Å². The number of piperidine rings is 1. The fourth-order valence-corrected chi connectivity index (χ4v) is 4.18. The summed E-state index contributed by atoms with van der Waals surface area (Å²) >= 11 is 0. The van der Waals surface area contributed by atoms with Gasteiger partial charge in [-0.2, -0.15) is 5.26 Å². The number of benzene rings is 1. The number of hydrogen-bond donors (Lipinski definition) is 0. The van der Waals surface area contributed by atoms with Crippen LogP contribution in [0.5, 0.6) is 0 Å². The molecule has 0 amide bonds. The molecule has 1 unspecified atom stereocenters. The van der Waals surface area contributed by atoms with E-state index in [0.29, 0.717) is 17.7 Å². The van der Waals surface area contributed by atoms with Crippen LogP contribution in [0, 0.1) is 11.3 Å². The smallest absolute Gasteiger partial charge is 0.103 e. The zero-order valence-corrected chi connectivity index (χ0v) is 14.7. The second kappa shape index (κ2) is 6.99. The maximum Gasteiger partial charge on any atom is 0.103 e. The molecule has 4 rings (SSSR count). The minimum absolute atomic E-state index is 0.334. The number of pyridine rings is 1. The van der Waals surface area contributed by atoms with Crippen LogP contribution in [0.1, 0.15) is 25.3 Å². The minimum atomic E-state index is 0.334. The van der Waals surface area contributed by atoms with Gasteiger partial charge in [0.25, 0.3) is 0 Å². The van der Waals surface area contributed by atoms with E-state index >= 15 is 0 Å². The molecule has 5 heteroatoms. The number of fused-ring (bicyclic) bond motifs is 1. The highest BCUT2D eigenvalue weighted by Crippen LogP contribution is 2.32. The first kappa shape index (κ1) is 16.3. The highest BCUT2D eigenvalue weighted by atomic mass is 16.5. The lowest BCUT2D eigenvalue weighted by Crippen LogP contribution is -2.51. The first-order valence-corrected chi connectivity index (χ1v) is 9.14. The van der Waals surface area contributed by atoms with Crippen LogP contribution in [-0.4, -0.2) is 54.8 Å². The van der Waals surface area contributed by atoms with Crippen LogP contribution >= 0.6 is 0 Å². The Bertz CT molecular complexity index is 792. The number of para-hydroxylation sites is 1. The molecule has 2 saturated heterocycles. The third kappa shape index (κ3) is 3.20. The molecule has 0 radical (unpaired) electrons. The van der Waals surface area contributed by atoms with Crippen LogP contribution in [-0.2, 0) is 4.74 Å². The van der Waals surface area contributed by atoms with Crippen molar-refractivity contribution < 1.29 is 4.74 Å². The number of ether oxygens (including phenoxy) is 1. The number of nitrogens with zero attached hydrogens (tertiary/aromatic N) is 4. The largest absolute Gasteiger partial charge is 0.376 e. The van der Waals surface area contributed by atoms with Gasteiger partial charge in [-0.3, -0.25) is 9.88 Å². The topological polar surface area (TPSA) is 52.4 Å². The second-order valence-corrected chi connectivity index (χ2v) is 7.04. The molecule has 0 aliphatic carbocycles. The van der Waals surface area contributed by atoms with E-state index in [4.69, 9.17) is 4.74 Å². The highest BCUT2D eigenvalue weighted by Gasteiger charge is 2.29. The van der Waals surface area contributed by atoms with Gasteiger partial charge in [-0.05, 0) is 25.8 Å². The second-order valence-electron chi connectivity index (χ2n) is 7.04. The SMILES string of the molecule is CC1CN(C2CCN(c3c(C#N)cnc4ccccc34)CC2)CCO1. The third-order valence-corrected chi connectivity index (χ3v) is 5.44. The zero-order valence-electron chi connectivity index (χ0n) is 14.7. The van der Waals surface area contributed by atoms with Crippen molar-refractivity contribution in [1.82, 2.24) is 9.88 Å². The van der Waals surface area contributed by atoms with Gasteiger partial charge in [-0.15, -0.1) is 0 Å². The molecule has 0 bridgehead atoms. The summed E-state index contributed by atoms with van der Waals surface area (Å²) in [5.74, 6) is 0. The molecular formula is C20H24N4O. The number of morpholine rings is 1. The van der Waals surface area contributed by atoms with E-state index in [1.807, 2.05) is 18.2 Å². The molecule has 3 heterocycles. The predicted molar refractivity (Wildman–Crippen MR) is 98.7 cm³/mol. The Labute approximate surface area is 148 Å². The van der Waals surface area contributed by atoms with E-state index in [-0.39, 0.29) is 0 Å². The van der Waals surface area contributed by atoms with Gasteiger partial charge in [0.15, 0.2) is 0 Å². The van der Waals surface area contributed by atoms with Crippen molar-refractivity contribution in [2.45, 2.75) is 31.9 Å². The summed E-state index contributed by atoms with van der Waals surface area (Å²) in [6.45, 7) is 7.04. The summed E-state index contributed by atoms with van der Waals surface area (Å²) in [5.41, 5.74) is 2.69. The van der Waals surface area contributed by atoms with Crippen molar-refractivity contribution in [2.75, 3.05) is 37.7 Å². The highest BCUT2D eigenvalue weighted by molar-refractivity contribution is 5.94. The maximum absolute atomic E-state index is 9.55. The molecular weight excluding hydrogens is 312 g/mol. The molecule has 25 heavy (non-hydrogen) atoms. The molecule has 1 atom stereocenters. The van der Waals surface area contributed by atoms with Crippen molar-refractivity contribution in [2.24, 2.45) is 0 Å². The average Bonchev–Trinajstić information content (AvgIpc) is 2.67. The van der Waals surface area contributed by atoms with Gasteiger partial charge in [0.2, 0.25) is 0 Å². The lowest BCUT2D eigenvalue weighted by Gasteiger charge is -2.42.